The molecule has 2 heterocycles. The molecule has 1 aromatic rings. The van der Waals surface area contributed by atoms with Gasteiger partial charge in [0.2, 0.25) is 10.0 Å². The number of rotatable bonds is 4. The van der Waals surface area contributed by atoms with E-state index in [0.29, 0.717) is 23.9 Å². The molecule has 3 rings (SSSR count). The van der Waals surface area contributed by atoms with Gasteiger partial charge < -0.3 is 10.2 Å². The SMILES string of the molecule is CN1CCN=C1NCC1CCN(S(=O)(=O)c2ccccc2)CC1.I. The average molecular weight is 464 g/mol. The molecule has 2 aliphatic rings. The Kier molecular flexibility index (Phi) is 6.88. The number of guanidine groups is 1. The predicted octanol–water partition coefficient (Wildman–Crippen LogP) is 1.60. The zero-order valence-electron chi connectivity index (χ0n) is 13.9. The Balaban J connectivity index is 0.00000208. The minimum absolute atomic E-state index is 0. The Morgan fingerprint density at radius 1 is 1.17 bits per heavy atom. The van der Waals surface area contributed by atoms with Gasteiger partial charge in [-0.1, -0.05) is 18.2 Å². The lowest BCUT2D eigenvalue weighted by atomic mass is 9.98. The van der Waals surface area contributed by atoms with Crippen molar-refractivity contribution in [1.29, 1.82) is 0 Å². The number of hydrogen-bond donors (Lipinski definition) is 1. The molecule has 0 atom stereocenters. The van der Waals surface area contributed by atoms with Gasteiger partial charge in [0.1, 0.15) is 0 Å². The van der Waals surface area contributed by atoms with Gasteiger partial charge in [-0.25, -0.2) is 8.42 Å². The lowest BCUT2D eigenvalue weighted by Crippen LogP contribution is -2.43. The Bertz CT molecular complexity index is 658. The molecule has 1 fully saturated rings. The largest absolute Gasteiger partial charge is 0.356 e. The molecule has 134 valence electrons. The second kappa shape index (κ2) is 8.48. The molecule has 1 saturated heterocycles. The summed E-state index contributed by atoms with van der Waals surface area (Å²) < 4.78 is 26.8. The van der Waals surface area contributed by atoms with E-state index in [1.807, 2.05) is 13.1 Å². The Morgan fingerprint density at radius 3 is 2.42 bits per heavy atom. The first-order valence-electron chi connectivity index (χ1n) is 8.12. The van der Waals surface area contributed by atoms with E-state index in [1.165, 1.54) is 0 Å². The quantitative estimate of drug-likeness (QED) is 0.688. The van der Waals surface area contributed by atoms with Crippen LogP contribution >= 0.6 is 24.0 Å². The fourth-order valence-corrected chi connectivity index (χ4v) is 4.55. The smallest absolute Gasteiger partial charge is 0.243 e. The molecule has 0 unspecified atom stereocenters. The summed E-state index contributed by atoms with van der Waals surface area (Å²) in [5.74, 6) is 1.46. The van der Waals surface area contributed by atoms with Crippen molar-refractivity contribution in [3.8, 4) is 0 Å². The summed E-state index contributed by atoms with van der Waals surface area (Å²) in [5.41, 5.74) is 0. The molecular weight excluding hydrogens is 439 g/mol. The van der Waals surface area contributed by atoms with Crippen molar-refractivity contribution in [3.05, 3.63) is 30.3 Å². The summed E-state index contributed by atoms with van der Waals surface area (Å²) in [6, 6.07) is 8.69. The van der Waals surface area contributed by atoms with Crippen molar-refractivity contribution in [3.63, 3.8) is 0 Å². The van der Waals surface area contributed by atoms with E-state index in [0.717, 1.165) is 38.4 Å². The maximum Gasteiger partial charge on any atom is 0.243 e. The van der Waals surface area contributed by atoms with E-state index in [2.05, 4.69) is 15.2 Å². The summed E-state index contributed by atoms with van der Waals surface area (Å²) in [5, 5.41) is 3.39. The fraction of sp³-hybridized carbons (Fsp3) is 0.562. The molecule has 0 radical (unpaired) electrons. The number of piperidine rings is 1. The molecule has 1 aromatic carbocycles. The molecule has 0 aromatic heterocycles. The van der Waals surface area contributed by atoms with Crippen LogP contribution in [0.4, 0.5) is 0 Å². The van der Waals surface area contributed by atoms with Crippen molar-refractivity contribution in [2.75, 3.05) is 39.8 Å². The second-order valence-corrected chi connectivity index (χ2v) is 8.11. The third-order valence-electron chi connectivity index (χ3n) is 4.56. The van der Waals surface area contributed by atoms with Crippen LogP contribution in [-0.2, 0) is 10.0 Å². The number of likely N-dealkylation sites (N-methyl/N-ethyl adjacent to an activating group) is 1. The van der Waals surface area contributed by atoms with E-state index in [-0.39, 0.29) is 24.0 Å². The molecule has 0 spiro atoms. The zero-order chi connectivity index (χ0) is 16.3. The fourth-order valence-electron chi connectivity index (χ4n) is 3.05. The highest BCUT2D eigenvalue weighted by Crippen LogP contribution is 2.23. The van der Waals surface area contributed by atoms with Gasteiger partial charge in [0.05, 0.1) is 11.4 Å². The van der Waals surface area contributed by atoms with Crippen LogP contribution in [0.15, 0.2) is 40.2 Å². The van der Waals surface area contributed by atoms with Gasteiger partial charge in [-0.15, -0.1) is 24.0 Å². The molecule has 0 amide bonds. The highest BCUT2D eigenvalue weighted by Gasteiger charge is 2.29. The average Bonchev–Trinajstić information content (AvgIpc) is 2.99. The van der Waals surface area contributed by atoms with E-state index in [9.17, 15) is 8.42 Å². The first kappa shape index (κ1) is 19.5. The van der Waals surface area contributed by atoms with Crippen LogP contribution in [0.3, 0.4) is 0 Å². The molecule has 0 saturated carbocycles. The van der Waals surface area contributed by atoms with Crippen LogP contribution in [0.25, 0.3) is 0 Å². The molecule has 6 nitrogen and oxygen atoms in total. The predicted molar refractivity (Wildman–Crippen MR) is 106 cm³/mol. The van der Waals surface area contributed by atoms with Crippen LogP contribution in [0.1, 0.15) is 12.8 Å². The van der Waals surface area contributed by atoms with Crippen LogP contribution in [0.2, 0.25) is 0 Å². The van der Waals surface area contributed by atoms with Gasteiger partial charge in [-0.3, -0.25) is 4.99 Å². The lowest BCUT2D eigenvalue weighted by molar-refractivity contribution is 0.272. The number of sulfonamides is 1. The van der Waals surface area contributed by atoms with Crippen LogP contribution in [0.5, 0.6) is 0 Å². The molecule has 24 heavy (non-hydrogen) atoms. The van der Waals surface area contributed by atoms with E-state index < -0.39 is 10.0 Å². The number of nitrogens with one attached hydrogen (secondary N) is 1. The minimum atomic E-state index is -3.34. The molecule has 0 aliphatic carbocycles. The number of benzene rings is 1. The molecule has 1 N–H and O–H groups in total. The summed E-state index contributed by atoms with van der Waals surface area (Å²) in [6.45, 7) is 3.86. The first-order valence-corrected chi connectivity index (χ1v) is 9.56. The van der Waals surface area contributed by atoms with Crippen molar-refractivity contribution < 1.29 is 8.42 Å². The first-order chi connectivity index (χ1) is 11.1. The molecular formula is C16H25IN4O2S. The van der Waals surface area contributed by atoms with Crippen molar-refractivity contribution in [2.24, 2.45) is 10.9 Å². The maximum absolute atomic E-state index is 12.6. The zero-order valence-corrected chi connectivity index (χ0v) is 17.0. The normalized spacial score (nSPS) is 19.7. The van der Waals surface area contributed by atoms with E-state index >= 15 is 0 Å². The topological polar surface area (TPSA) is 65.0 Å². The van der Waals surface area contributed by atoms with Crippen LogP contribution in [-0.4, -0.2) is 63.4 Å². The number of halogens is 1. The van der Waals surface area contributed by atoms with E-state index in [1.54, 1.807) is 28.6 Å². The maximum atomic E-state index is 12.6. The van der Waals surface area contributed by atoms with Crippen LogP contribution in [0, 0.1) is 5.92 Å². The van der Waals surface area contributed by atoms with Crippen LogP contribution < -0.4 is 5.32 Å². The number of nitrogens with zero attached hydrogens (tertiary/aromatic N) is 3. The third-order valence-corrected chi connectivity index (χ3v) is 6.47. The molecule has 0 bridgehead atoms. The van der Waals surface area contributed by atoms with Crippen molar-refractivity contribution in [1.82, 2.24) is 14.5 Å². The van der Waals surface area contributed by atoms with Crippen molar-refractivity contribution in [2.45, 2.75) is 17.7 Å². The Labute approximate surface area is 161 Å². The number of aliphatic imine (C=N–C) groups is 1. The second-order valence-electron chi connectivity index (χ2n) is 6.17. The monoisotopic (exact) mass is 464 g/mol. The molecule has 8 heteroatoms. The highest BCUT2D eigenvalue weighted by molar-refractivity contribution is 14.0. The summed E-state index contributed by atoms with van der Waals surface area (Å²) in [7, 11) is -1.31. The van der Waals surface area contributed by atoms with Gasteiger partial charge >= 0.3 is 0 Å². The van der Waals surface area contributed by atoms with Gasteiger partial charge in [0.25, 0.3) is 0 Å². The molecule has 2 aliphatic heterocycles. The van der Waals surface area contributed by atoms with Gasteiger partial charge in [0, 0.05) is 33.2 Å². The lowest BCUT2D eigenvalue weighted by Gasteiger charge is -2.31. The standard InChI is InChI=1S/C16H24N4O2S.HI/c1-19-12-9-17-16(19)18-13-14-7-10-20(11-8-14)23(21,22)15-5-3-2-4-6-15;/h2-6,14H,7-13H2,1H3,(H,17,18);1H. The van der Waals surface area contributed by atoms with E-state index in [4.69, 9.17) is 0 Å². The van der Waals surface area contributed by atoms with Gasteiger partial charge in [-0.2, -0.15) is 4.31 Å². The van der Waals surface area contributed by atoms with Gasteiger partial charge in [-0.05, 0) is 30.9 Å². The Hall–Kier alpha value is -0.870. The number of hydrogen-bond acceptors (Lipinski definition) is 5. The summed E-state index contributed by atoms with van der Waals surface area (Å²) in [6.07, 6.45) is 1.77. The summed E-state index contributed by atoms with van der Waals surface area (Å²) in [4.78, 5) is 6.93. The minimum Gasteiger partial charge on any atom is -0.356 e. The highest BCUT2D eigenvalue weighted by atomic mass is 127. The Morgan fingerprint density at radius 2 is 1.83 bits per heavy atom. The van der Waals surface area contributed by atoms with Gasteiger partial charge in [0.15, 0.2) is 5.96 Å². The summed E-state index contributed by atoms with van der Waals surface area (Å²) >= 11 is 0. The third kappa shape index (κ3) is 4.40. The van der Waals surface area contributed by atoms with Crippen molar-refractivity contribution >= 4 is 40.0 Å².